The lowest BCUT2D eigenvalue weighted by molar-refractivity contribution is 0.279. The monoisotopic (exact) mass is 164 g/mol. The zero-order valence-corrected chi connectivity index (χ0v) is 5.71. The van der Waals surface area contributed by atoms with E-state index in [-0.39, 0.29) is 18.4 Å². The van der Waals surface area contributed by atoms with E-state index < -0.39 is 7.32 Å². The zero-order valence-electron chi connectivity index (χ0n) is 4.89. The van der Waals surface area contributed by atoms with Gasteiger partial charge in [-0.05, 0) is 0 Å². The van der Waals surface area contributed by atoms with Crippen LogP contribution in [0.5, 0.6) is 6.01 Å². The summed E-state index contributed by atoms with van der Waals surface area (Å²) in [5.74, 6) is 0. The molecule has 0 radical (unpaired) electrons. The largest absolute Gasteiger partial charge is 0.709 e. The minimum atomic E-state index is -1.81. The van der Waals surface area contributed by atoms with Crippen molar-refractivity contribution < 1.29 is 14.7 Å². The third-order valence-corrected chi connectivity index (χ3v) is 0.690. The van der Waals surface area contributed by atoms with Crippen LogP contribution in [0.3, 0.4) is 0 Å². The van der Waals surface area contributed by atoms with Crippen molar-refractivity contribution in [2.45, 2.75) is 0 Å². The first kappa shape index (κ1) is 9.28. The van der Waals surface area contributed by atoms with E-state index >= 15 is 0 Å². The van der Waals surface area contributed by atoms with Crippen molar-refractivity contribution >= 4 is 19.7 Å². The number of hydrogen-bond acceptors (Lipinski definition) is 4. The molecule has 0 aliphatic carbocycles. The molecule has 0 amide bonds. The molecule has 0 atom stereocenters. The molecule has 0 aliphatic heterocycles. The van der Waals surface area contributed by atoms with Gasteiger partial charge in [-0.15, -0.1) is 12.4 Å². The van der Waals surface area contributed by atoms with Gasteiger partial charge in [0, 0.05) is 12.4 Å². The van der Waals surface area contributed by atoms with Crippen molar-refractivity contribution in [1.82, 2.24) is 9.97 Å². The van der Waals surface area contributed by atoms with E-state index in [4.69, 9.17) is 10.0 Å². The van der Waals surface area contributed by atoms with Gasteiger partial charge >= 0.3 is 7.32 Å². The van der Waals surface area contributed by atoms with Crippen molar-refractivity contribution in [3.63, 3.8) is 0 Å². The van der Waals surface area contributed by atoms with Gasteiger partial charge in [0.1, 0.15) is 0 Å². The Hall–Kier alpha value is -0.715. The van der Waals surface area contributed by atoms with Crippen LogP contribution >= 0.6 is 12.4 Å². The molecule has 10 heavy (non-hydrogen) atoms. The topological polar surface area (TPSA) is 78.4 Å². The Kier molecular flexibility index (Phi) is 3.86. The molecule has 0 aliphatic rings. The zero-order chi connectivity index (χ0) is 6.69. The second-order valence-corrected chi connectivity index (χ2v) is 1.34. The minimum Gasteiger partial charge on any atom is -0.484 e. The molecule has 1 aromatic heterocycles. The third-order valence-electron chi connectivity index (χ3n) is 0.690. The molecule has 5 nitrogen and oxygen atoms in total. The summed E-state index contributed by atoms with van der Waals surface area (Å²) in [5, 5.41) is 16.4. The predicted molar refractivity (Wildman–Crippen MR) is 36.7 cm³/mol. The van der Waals surface area contributed by atoms with Crippen LogP contribution in [0.2, 0.25) is 0 Å². The van der Waals surface area contributed by atoms with Gasteiger partial charge < -0.3 is 19.7 Å². The minimum absolute atomic E-state index is 0. The van der Waals surface area contributed by atoms with E-state index in [9.17, 15) is 0 Å². The third kappa shape index (κ3) is 2.72. The number of aromatic amines is 1. The van der Waals surface area contributed by atoms with E-state index in [0.29, 0.717) is 0 Å². The van der Waals surface area contributed by atoms with Crippen LogP contribution in [0.25, 0.3) is 0 Å². The Morgan fingerprint density at radius 1 is 1.60 bits per heavy atom. The van der Waals surface area contributed by atoms with Gasteiger partial charge in [-0.25, -0.2) is 4.98 Å². The summed E-state index contributed by atoms with van der Waals surface area (Å²) in [4.78, 5) is 6.07. The first-order valence-corrected chi connectivity index (χ1v) is 2.31. The number of nitrogens with one attached hydrogen (secondary N) is 1. The quantitative estimate of drug-likeness (QED) is 0.499. The Morgan fingerprint density at radius 2 is 2.30 bits per heavy atom. The van der Waals surface area contributed by atoms with Crippen molar-refractivity contribution in [3.8, 4) is 6.01 Å². The number of aromatic nitrogens is 2. The molecule has 0 spiro atoms. The first-order chi connectivity index (χ1) is 4.29. The van der Waals surface area contributed by atoms with Gasteiger partial charge in [0.25, 0.3) is 6.01 Å². The molecule has 0 saturated carbocycles. The maximum absolute atomic E-state index is 8.20. The summed E-state index contributed by atoms with van der Waals surface area (Å²) < 4.78 is 4.30. The van der Waals surface area contributed by atoms with E-state index in [1.54, 1.807) is 0 Å². The van der Waals surface area contributed by atoms with Crippen LogP contribution in [-0.4, -0.2) is 27.3 Å². The van der Waals surface area contributed by atoms with Gasteiger partial charge in [0.05, 0.1) is 0 Å². The summed E-state index contributed by atoms with van der Waals surface area (Å²) in [6, 6.07) is 0.0880. The molecular weight excluding hydrogens is 158 g/mol. The molecule has 1 rings (SSSR count). The first-order valence-electron chi connectivity index (χ1n) is 2.31. The highest BCUT2D eigenvalue weighted by Gasteiger charge is 2.11. The Balaban J connectivity index is 0.000000810. The molecule has 0 fully saturated rings. The number of hydrogen-bond donors (Lipinski definition) is 3. The molecule has 0 saturated heterocycles. The van der Waals surface area contributed by atoms with Crippen LogP contribution < -0.4 is 4.65 Å². The maximum atomic E-state index is 8.20. The van der Waals surface area contributed by atoms with Crippen molar-refractivity contribution in [3.05, 3.63) is 12.4 Å². The number of imidazole rings is 1. The van der Waals surface area contributed by atoms with Gasteiger partial charge in [-0.2, -0.15) is 0 Å². The normalized spacial score (nSPS) is 8.20. The molecule has 0 aromatic carbocycles. The van der Waals surface area contributed by atoms with Crippen LogP contribution in [0, 0.1) is 0 Å². The fraction of sp³-hybridized carbons (Fsp3) is 0. The Bertz CT molecular complexity index is 168. The fourth-order valence-electron chi connectivity index (χ4n) is 0.415. The van der Waals surface area contributed by atoms with Crippen molar-refractivity contribution in [2.75, 3.05) is 0 Å². The standard InChI is InChI=1S/C3H5BN2O3.ClH/c7-4(8)9-3-5-1-2-6-3;/h1-2,7-8H,(H,5,6);1H. The molecule has 56 valence electrons. The van der Waals surface area contributed by atoms with Crippen LogP contribution in [-0.2, 0) is 0 Å². The molecule has 1 heterocycles. The summed E-state index contributed by atoms with van der Waals surface area (Å²) in [6.45, 7) is 0. The van der Waals surface area contributed by atoms with E-state index in [1.165, 1.54) is 12.4 Å². The van der Waals surface area contributed by atoms with Gasteiger partial charge in [-0.3, -0.25) is 0 Å². The summed E-state index contributed by atoms with van der Waals surface area (Å²) in [7, 11) is -1.81. The average molecular weight is 164 g/mol. The molecule has 3 N–H and O–H groups in total. The number of rotatable bonds is 2. The SMILES string of the molecule is Cl.OB(O)Oc1ncc[nH]1. The van der Waals surface area contributed by atoms with Crippen molar-refractivity contribution in [2.24, 2.45) is 0 Å². The van der Waals surface area contributed by atoms with Gasteiger partial charge in [-0.1, -0.05) is 0 Å². The number of nitrogens with zero attached hydrogens (tertiary/aromatic N) is 1. The highest BCUT2D eigenvalue weighted by atomic mass is 35.5. The van der Waals surface area contributed by atoms with E-state index in [2.05, 4.69) is 14.6 Å². The molecule has 0 bridgehead atoms. The van der Waals surface area contributed by atoms with E-state index in [1.807, 2.05) is 0 Å². The lowest BCUT2D eigenvalue weighted by Gasteiger charge is -1.96. The van der Waals surface area contributed by atoms with E-state index in [0.717, 1.165) is 0 Å². The van der Waals surface area contributed by atoms with Crippen LogP contribution in [0.4, 0.5) is 0 Å². The molecule has 7 heteroatoms. The van der Waals surface area contributed by atoms with Crippen molar-refractivity contribution in [1.29, 1.82) is 0 Å². The fourth-order valence-corrected chi connectivity index (χ4v) is 0.415. The highest BCUT2D eigenvalue weighted by molar-refractivity contribution is 6.33. The molecule has 0 unspecified atom stereocenters. The molecule has 1 aromatic rings. The lowest BCUT2D eigenvalue weighted by atomic mass is 10.3. The van der Waals surface area contributed by atoms with Crippen LogP contribution in [0.1, 0.15) is 0 Å². The molecular formula is C3H6BClN2O3. The average Bonchev–Trinajstić information content (AvgIpc) is 2.15. The lowest BCUT2D eigenvalue weighted by Crippen LogP contribution is -2.21. The van der Waals surface area contributed by atoms with Crippen LogP contribution in [0.15, 0.2) is 12.4 Å². The summed E-state index contributed by atoms with van der Waals surface area (Å²) >= 11 is 0. The second-order valence-electron chi connectivity index (χ2n) is 1.34. The number of H-pyrrole nitrogens is 1. The Morgan fingerprint density at radius 3 is 2.70 bits per heavy atom. The second kappa shape index (κ2) is 4.16. The predicted octanol–water partition coefficient (Wildman–Crippen LogP) is -0.820. The summed E-state index contributed by atoms with van der Waals surface area (Å²) in [5.41, 5.74) is 0. The Labute approximate surface area is 63.6 Å². The number of halogens is 1. The summed E-state index contributed by atoms with van der Waals surface area (Å²) in [6.07, 6.45) is 2.95. The smallest absolute Gasteiger partial charge is 0.484 e. The van der Waals surface area contributed by atoms with Gasteiger partial charge in [0.2, 0.25) is 0 Å². The maximum Gasteiger partial charge on any atom is 0.709 e. The highest BCUT2D eigenvalue weighted by Crippen LogP contribution is 1.97. The van der Waals surface area contributed by atoms with Gasteiger partial charge in [0.15, 0.2) is 0 Å².